The lowest BCUT2D eigenvalue weighted by Crippen LogP contribution is -2.21. The molecule has 3 aromatic rings. The molecule has 0 aliphatic rings. The highest BCUT2D eigenvalue weighted by Crippen LogP contribution is 2.16. The van der Waals surface area contributed by atoms with E-state index in [9.17, 15) is 9.59 Å². The Morgan fingerprint density at radius 3 is 1.96 bits per heavy atom. The molecular formula is C22H17ClN2O2. The first-order valence-electron chi connectivity index (χ1n) is 8.32. The summed E-state index contributed by atoms with van der Waals surface area (Å²) >= 11 is 5.87. The number of benzene rings is 3. The molecule has 0 aromatic heterocycles. The van der Waals surface area contributed by atoms with E-state index in [0.717, 1.165) is 5.69 Å². The van der Waals surface area contributed by atoms with Gasteiger partial charge in [0.15, 0.2) is 5.78 Å². The molecular weight excluding hydrogens is 360 g/mol. The largest absolute Gasteiger partial charge is 0.361 e. The zero-order chi connectivity index (χ0) is 19.1. The van der Waals surface area contributed by atoms with E-state index in [0.29, 0.717) is 16.3 Å². The van der Waals surface area contributed by atoms with Crippen molar-refractivity contribution in [3.8, 4) is 0 Å². The summed E-state index contributed by atoms with van der Waals surface area (Å²) in [5.41, 5.74) is 1.76. The second-order valence-electron chi connectivity index (χ2n) is 5.72. The zero-order valence-corrected chi connectivity index (χ0v) is 15.1. The van der Waals surface area contributed by atoms with Gasteiger partial charge in [-0.1, -0.05) is 60.1 Å². The van der Waals surface area contributed by atoms with Gasteiger partial charge in [-0.2, -0.15) is 0 Å². The maximum absolute atomic E-state index is 12.9. The third-order valence-corrected chi connectivity index (χ3v) is 4.04. The van der Waals surface area contributed by atoms with E-state index in [-0.39, 0.29) is 11.4 Å². The van der Waals surface area contributed by atoms with Gasteiger partial charge in [-0.25, -0.2) is 0 Å². The van der Waals surface area contributed by atoms with Crippen LogP contribution in [-0.2, 0) is 4.79 Å². The molecule has 0 spiro atoms. The van der Waals surface area contributed by atoms with Gasteiger partial charge < -0.3 is 10.6 Å². The second-order valence-corrected chi connectivity index (χ2v) is 6.16. The van der Waals surface area contributed by atoms with Gasteiger partial charge >= 0.3 is 0 Å². The Balaban J connectivity index is 1.87. The fourth-order valence-electron chi connectivity index (χ4n) is 2.40. The minimum Gasteiger partial charge on any atom is -0.361 e. The molecule has 0 heterocycles. The smallest absolute Gasteiger partial charge is 0.261 e. The van der Waals surface area contributed by atoms with Crippen molar-refractivity contribution < 1.29 is 9.59 Å². The van der Waals surface area contributed by atoms with Crippen LogP contribution in [-0.4, -0.2) is 11.7 Å². The van der Waals surface area contributed by atoms with Crippen molar-refractivity contribution in [1.29, 1.82) is 0 Å². The second kappa shape index (κ2) is 8.83. The Kier molecular flexibility index (Phi) is 6.02. The quantitative estimate of drug-likeness (QED) is 0.270. The number of halogens is 1. The zero-order valence-electron chi connectivity index (χ0n) is 14.4. The molecule has 134 valence electrons. The molecule has 1 amide bonds. The van der Waals surface area contributed by atoms with Crippen LogP contribution in [0.2, 0.25) is 5.02 Å². The van der Waals surface area contributed by atoms with Crippen LogP contribution in [0.4, 0.5) is 11.4 Å². The van der Waals surface area contributed by atoms with Gasteiger partial charge in [0.05, 0.1) is 0 Å². The van der Waals surface area contributed by atoms with Gasteiger partial charge in [-0.05, 0) is 36.4 Å². The molecule has 4 nitrogen and oxygen atoms in total. The highest BCUT2D eigenvalue weighted by molar-refractivity contribution is 6.31. The van der Waals surface area contributed by atoms with Crippen molar-refractivity contribution >= 4 is 34.7 Å². The molecule has 0 bridgehead atoms. The van der Waals surface area contributed by atoms with Gasteiger partial charge in [-0.3, -0.25) is 9.59 Å². The van der Waals surface area contributed by atoms with Gasteiger partial charge in [-0.15, -0.1) is 0 Å². The van der Waals surface area contributed by atoms with Crippen molar-refractivity contribution in [3.63, 3.8) is 0 Å². The number of carbonyl (C=O) groups excluding carboxylic acids is 2. The van der Waals surface area contributed by atoms with Crippen molar-refractivity contribution in [2.75, 3.05) is 10.6 Å². The van der Waals surface area contributed by atoms with Gasteiger partial charge in [0, 0.05) is 28.2 Å². The van der Waals surface area contributed by atoms with E-state index in [1.165, 1.54) is 6.20 Å². The fourth-order valence-corrected chi connectivity index (χ4v) is 2.53. The number of anilines is 2. The Bertz CT molecular complexity index is 953. The van der Waals surface area contributed by atoms with Gasteiger partial charge in [0.2, 0.25) is 0 Å². The number of hydrogen-bond acceptors (Lipinski definition) is 3. The van der Waals surface area contributed by atoms with Crippen LogP contribution in [0, 0.1) is 0 Å². The molecule has 2 N–H and O–H groups in total. The first kappa shape index (κ1) is 18.4. The van der Waals surface area contributed by atoms with Crippen LogP contribution >= 0.6 is 11.6 Å². The summed E-state index contributed by atoms with van der Waals surface area (Å²) < 4.78 is 0. The Labute approximate surface area is 162 Å². The maximum atomic E-state index is 12.9. The molecule has 27 heavy (non-hydrogen) atoms. The van der Waals surface area contributed by atoms with Crippen molar-refractivity contribution in [3.05, 3.63) is 107 Å². The Morgan fingerprint density at radius 1 is 0.741 bits per heavy atom. The molecule has 0 aliphatic heterocycles. The van der Waals surface area contributed by atoms with E-state index < -0.39 is 5.91 Å². The average molecular weight is 377 g/mol. The van der Waals surface area contributed by atoms with Crippen molar-refractivity contribution in [1.82, 2.24) is 0 Å². The summed E-state index contributed by atoms with van der Waals surface area (Å²) in [4.78, 5) is 25.6. The van der Waals surface area contributed by atoms with Crippen LogP contribution in [0.15, 0.2) is 96.7 Å². The molecule has 3 aromatic carbocycles. The minimum atomic E-state index is -0.505. The van der Waals surface area contributed by atoms with Gasteiger partial charge in [0.25, 0.3) is 5.91 Å². The molecule has 0 saturated heterocycles. The van der Waals surface area contributed by atoms with Crippen molar-refractivity contribution in [2.24, 2.45) is 0 Å². The van der Waals surface area contributed by atoms with E-state index in [1.807, 2.05) is 36.4 Å². The number of amides is 1. The number of ketones is 1. The van der Waals surface area contributed by atoms with Crippen molar-refractivity contribution in [2.45, 2.75) is 0 Å². The molecule has 3 rings (SSSR count). The summed E-state index contributed by atoms with van der Waals surface area (Å²) in [5.74, 6) is -0.875. The number of nitrogens with one attached hydrogen (secondary N) is 2. The number of Topliss-reactive ketones (excluding diaryl/α,β-unsaturated/α-hetero) is 1. The van der Waals surface area contributed by atoms with E-state index in [4.69, 9.17) is 11.6 Å². The Hall–Kier alpha value is -3.37. The third kappa shape index (κ3) is 5.06. The third-order valence-electron chi connectivity index (χ3n) is 3.78. The summed E-state index contributed by atoms with van der Waals surface area (Å²) in [6.07, 6.45) is 1.43. The van der Waals surface area contributed by atoms with Gasteiger partial charge in [0.1, 0.15) is 5.57 Å². The van der Waals surface area contributed by atoms with Crippen LogP contribution < -0.4 is 10.6 Å². The molecule has 0 atom stereocenters. The maximum Gasteiger partial charge on any atom is 0.261 e. The number of rotatable bonds is 6. The summed E-state index contributed by atoms with van der Waals surface area (Å²) in [6, 6.07) is 24.7. The minimum absolute atomic E-state index is 0.00000283. The standard InChI is InChI=1S/C22H17ClN2O2/c23-17-11-13-19(14-12-17)25-22(27)20(15-24-18-9-5-2-6-10-18)21(26)16-7-3-1-4-8-16/h1-15,24H,(H,25,27)/b20-15-. The summed E-state index contributed by atoms with van der Waals surface area (Å²) in [5, 5.41) is 6.30. The molecule has 0 fully saturated rings. The van der Waals surface area contributed by atoms with Crippen LogP contribution in [0.1, 0.15) is 10.4 Å². The lowest BCUT2D eigenvalue weighted by Gasteiger charge is -2.10. The predicted octanol–water partition coefficient (Wildman–Crippen LogP) is 5.16. The lowest BCUT2D eigenvalue weighted by atomic mass is 10.0. The number of hydrogen-bond donors (Lipinski definition) is 2. The van der Waals surface area contributed by atoms with E-state index in [1.54, 1.807) is 48.5 Å². The molecule has 0 radical (unpaired) electrons. The van der Waals surface area contributed by atoms with E-state index >= 15 is 0 Å². The first-order valence-corrected chi connectivity index (χ1v) is 8.70. The van der Waals surface area contributed by atoms with E-state index in [2.05, 4.69) is 10.6 Å². The monoisotopic (exact) mass is 376 g/mol. The van der Waals surface area contributed by atoms with Crippen LogP contribution in [0.3, 0.4) is 0 Å². The number of para-hydroxylation sites is 1. The highest BCUT2D eigenvalue weighted by atomic mass is 35.5. The highest BCUT2D eigenvalue weighted by Gasteiger charge is 2.20. The Morgan fingerprint density at radius 2 is 1.33 bits per heavy atom. The molecule has 0 unspecified atom stereocenters. The summed E-state index contributed by atoms with van der Waals surface area (Å²) in [7, 11) is 0. The predicted molar refractivity (Wildman–Crippen MR) is 109 cm³/mol. The average Bonchev–Trinajstić information content (AvgIpc) is 2.71. The fraction of sp³-hybridized carbons (Fsp3) is 0. The topological polar surface area (TPSA) is 58.2 Å². The molecule has 5 heteroatoms. The first-order chi connectivity index (χ1) is 13.1. The normalized spacial score (nSPS) is 10.9. The van der Waals surface area contributed by atoms with Crippen LogP contribution in [0.5, 0.6) is 0 Å². The SMILES string of the molecule is O=C(Nc1ccc(Cl)cc1)/C(=C\Nc1ccccc1)C(=O)c1ccccc1. The molecule has 0 aliphatic carbocycles. The summed E-state index contributed by atoms with van der Waals surface area (Å²) in [6.45, 7) is 0. The molecule has 0 saturated carbocycles. The number of carbonyl (C=O) groups is 2. The lowest BCUT2D eigenvalue weighted by molar-refractivity contribution is -0.112. The van der Waals surface area contributed by atoms with Crippen LogP contribution in [0.25, 0.3) is 0 Å².